The summed E-state index contributed by atoms with van der Waals surface area (Å²) in [5.41, 5.74) is 0. The quantitative estimate of drug-likeness (QED) is 0.803. The summed E-state index contributed by atoms with van der Waals surface area (Å²) in [5, 5.41) is 1.78. The van der Waals surface area contributed by atoms with Crippen LogP contribution < -0.4 is 0 Å². The van der Waals surface area contributed by atoms with Gasteiger partial charge in [0.1, 0.15) is 4.21 Å². The maximum atomic E-state index is 12.5. The first kappa shape index (κ1) is 15.4. The van der Waals surface area contributed by atoms with Crippen LogP contribution in [-0.2, 0) is 14.8 Å². The summed E-state index contributed by atoms with van der Waals surface area (Å²) in [6.45, 7) is 3.80. The van der Waals surface area contributed by atoms with Gasteiger partial charge in [-0.1, -0.05) is 6.92 Å². The number of hydrogen-bond donors (Lipinski definition) is 0. The fourth-order valence-electron chi connectivity index (χ4n) is 2.13. The maximum Gasteiger partial charge on any atom is 0.253 e. The molecule has 108 valence electrons. The summed E-state index contributed by atoms with van der Waals surface area (Å²) in [7, 11) is -3.38. The molecule has 2 heterocycles. The van der Waals surface area contributed by atoms with Crippen molar-refractivity contribution in [3.8, 4) is 0 Å². The molecule has 0 amide bonds. The predicted molar refractivity (Wildman–Crippen MR) is 80.0 cm³/mol. The van der Waals surface area contributed by atoms with Crippen LogP contribution in [0.15, 0.2) is 20.1 Å². The molecule has 1 unspecified atom stereocenters. The standard InChI is InChI=1S/C12H18BrNO3S2/c1-2-7-17-10-4-3-6-14(9-10)19(15,16)12-11(13)5-8-18-12/h5,8,10H,2-4,6-7,9H2,1H3. The second-order valence-corrected chi connectivity index (χ2v) is 8.46. The molecule has 0 spiro atoms. The lowest BCUT2D eigenvalue weighted by molar-refractivity contribution is 0.0193. The van der Waals surface area contributed by atoms with Crippen molar-refractivity contribution >= 4 is 37.3 Å². The molecule has 19 heavy (non-hydrogen) atoms. The highest BCUT2D eigenvalue weighted by Crippen LogP contribution is 2.31. The largest absolute Gasteiger partial charge is 0.377 e. The Kier molecular flexibility index (Phi) is 5.42. The van der Waals surface area contributed by atoms with E-state index in [0.717, 1.165) is 19.3 Å². The van der Waals surface area contributed by atoms with Crippen LogP contribution in [0.3, 0.4) is 0 Å². The van der Waals surface area contributed by atoms with E-state index in [2.05, 4.69) is 22.9 Å². The van der Waals surface area contributed by atoms with Gasteiger partial charge in [0.15, 0.2) is 0 Å². The molecule has 1 aliphatic rings. The zero-order valence-electron chi connectivity index (χ0n) is 10.8. The SMILES string of the molecule is CCCOC1CCCN(S(=O)(=O)c2sccc2Br)C1. The van der Waals surface area contributed by atoms with Crippen molar-refractivity contribution in [3.05, 3.63) is 15.9 Å². The average molecular weight is 368 g/mol. The van der Waals surface area contributed by atoms with Crippen molar-refractivity contribution in [1.29, 1.82) is 0 Å². The number of rotatable bonds is 5. The van der Waals surface area contributed by atoms with E-state index in [1.54, 1.807) is 15.8 Å². The van der Waals surface area contributed by atoms with Gasteiger partial charge in [0, 0.05) is 24.2 Å². The zero-order chi connectivity index (χ0) is 13.9. The Morgan fingerprint density at radius 3 is 3.00 bits per heavy atom. The second-order valence-electron chi connectivity index (χ2n) is 4.55. The lowest BCUT2D eigenvalue weighted by atomic mass is 10.1. The van der Waals surface area contributed by atoms with E-state index in [-0.39, 0.29) is 6.10 Å². The zero-order valence-corrected chi connectivity index (χ0v) is 14.1. The van der Waals surface area contributed by atoms with E-state index in [1.807, 2.05) is 0 Å². The molecule has 1 aromatic heterocycles. The van der Waals surface area contributed by atoms with E-state index >= 15 is 0 Å². The van der Waals surface area contributed by atoms with Crippen molar-refractivity contribution in [2.24, 2.45) is 0 Å². The Hall–Kier alpha value is 0.0500. The molecule has 0 saturated carbocycles. The van der Waals surface area contributed by atoms with Gasteiger partial charge in [0.05, 0.1) is 6.10 Å². The number of hydrogen-bond acceptors (Lipinski definition) is 4. The van der Waals surface area contributed by atoms with Gasteiger partial charge < -0.3 is 4.74 Å². The summed E-state index contributed by atoms with van der Waals surface area (Å²) >= 11 is 4.55. The molecule has 4 nitrogen and oxygen atoms in total. The number of thiophene rings is 1. The van der Waals surface area contributed by atoms with Crippen LogP contribution >= 0.6 is 27.3 Å². The number of nitrogens with zero attached hydrogens (tertiary/aromatic N) is 1. The number of piperidine rings is 1. The van der Waals surface area contributed by atoms with Crippen LogP contribution in [0.2, 0.25) is 0 Å². The summed E-state index contributed by atoms with van der Waals surface area (Å²) < 4.78 is 33.4. The summed E-state index contributed by atoms with van der Waals surface area (Å²) in [4.78, 5) is 0. The van der Waals surface area contributed by atoms with E-state index in [4.69, 9.17) is 4.74 Å². The second kappa shape index (κ2) is 6.67. The van der Waals surface area contributed by atoms with Gasteiger partial charge in [-0.3, -0.25) is 0 Å². The van der Waals surface area contributed by atoms with Crippen molar-refractivity contribution in [3.63, 3.8) is 0 Å². The van der Waals surface area contributed by atoms with E-state index in [0.29, 0.717) is 28.4 Å². The minimum Gasteiger partial charge on any atom is -0.377 e. The van der Waals surface area contributed by atoms with Crippen molar-refractivity contribution < 1.29 is 13.2 Å². The fourth-order valence-corrected chi connectivity index (χ4v) is 6.08. The van der Waals surface area contributed by atoms with Gasteiger partial charge in [0.25, 0.3) is 10.0 Å². The van der Waals surface area contributed by atoms with E-state index < -0.39 is 10.0 Å². The van der Waals surface area contributed by atoms with Crippen LogP contribution in [0.25, 0.3) is 0 Å². The molecule has 7 heteroatoms. The highest BCUT2D eigenvalue weighted by atomic mass is 79.9. The lowest BCUT2D eigenvalue weighted by Gasteiger charge is -2.31. The first-order chi connectivity index (χ1) is 9.05. The number of sulfonamides is 1. The fraction of sp³-hybridized carbons (Fsp3) is 0.667. The van der Waals surface area contributed by atoms with Gasteiger partial charge >= 0.3 is 0 Å². The highest BCUT2D eigenvalue weighted by Gasteiger charge is 2.32. The normalized spacial score (nSPS) is 21.7. The molecule has 1 aromatic rings. The van der Waals surface area contributed by atoms with Crippen LogP contribution in [0, 0.1) is 0 Å². The topological polar surface area (TPSA) is 46.6 Å². The van der Waals surface area contributed by atoms with Crippen molar-refractivity contribution in [1.82, 2.24) is 4.31 Å². The predicted octanol–water partition coefficient (Wildman–Crippen LogP) is 3.09. The van der Waals surface area contributed by atoms with Gasteiger partial charge in [-0.2, -0.15) is 4.31 Å². The Bertz CT molecular complexity index is 515. The minimum atomic E-state index is -3.38. The molecule has 0 bridgehead atoms. The van der Waals surface area contributed by atoms with Gasteiger partial charge in [0.2, 0.25) is 0 Å². The highest BCUT2D eigenvalue weighted by molar-refractivity contribution is 9.10. The lowest BCUT2D eigenvalue weighted by Crippen LogP contribution is -2.43. The third-order valence-electron chi connectivity index (χ3n) is 3.06. The van der Waals surface area contributed by atoms with Gasteiger partial charge in [-0.05, 0) is 46.6 Å². The number of halogens is 1. The minimum absolute atomic E-state index is 0.0298. The molecular formula is C12H18BrNO3S2. The smallest absolute Gasteiger partial charge is 0.253 e. The Balaban J connectivity index is 2.10. The molecule has 0 aliphatic carbocycles. The Morgan fingerprint density at radius 2 is 2.37 bits per heavy atom. The van der Waals surface area contributed by atoms with Crippen LogP contribution in [-0.4, -0.2) is 38.5 Å². The molecule has 1 fully saturated rings. The average Bonchev–Trinajstić information content (AvgIpc) is 2.84. The van der Waals surface area contributed by atoms with E-state index in [9.17, 15) is 8.42 Å². The molecule has 0 radical (unpaired) electrons. The summed E-state index contributed by atoms with van der Waals surface area (Å²) in [6, 6.07) is 1.77. The monoisotopic (exact) mass is 367 g/mol. The molecule has 2 rings (SSSR count). The first-order valence-corrected chi connectivity index (χ1v) is 9.51. The molecule has 0 aromatic carbocycles. The van der Waals surface area contributed by atoms with Gasteiger partial charge in [-0.25, -0.2) is 8.42 Å². The Morgan fingerprint density at radius 1 is 1.58 bits per heavy atom. The Labute approximate surface area is 126 Å². The van der Waals surface area contributed by atoms with Crippen molar-refractivity contribution in [2.75, 3.05) is 19.7 Å². The third-order valence-corrected chi connectivity index (χ3v) is 7.57. The third kappa shape index (κ3) is 3.58. The molecule has 1 aliphatic heterocycles. The molecular weight excluding hydrogens is 350 g/mol. The van der Waals surface area contributed by atoms with Crippen LogP contribution in [0.5, 0.6) is 0 Å². The molecule has 0 N–H and O–H groups in total. The molecule has 1 saturated heterocycles. The van der Waals surface area contributed by atoms with Crippen LogP contribution in [0.4, 0.5) is 0 Å². The first-order valence-electron chi connectivity index (χ1n) is 6.40. The summed E-state index contributed by atoms with van der Waals surface area (Å²) in [6.07, 6.45) is 2.79. The maximum absolute atomic E-state index is 12.5. The molecule has 1 atom stereocenters. The van der Waals surface area contributed by atoms with Crippen LogP contribution in [0.1, 0.15) is 26.2 Å². The number of ether oxygens (including phenoxy) is 1. The summed E-state index contributed by atoms with van der Waals surface area (Å²) in [5.74, 6) is 0. The van der Waals surface area contributed by atoms with E-state index in [1.165, 1.54) is 11.3 Å². The van der Waals surface area contributed by atoms with Gasteiger partial charge in [-0.15, -0.1) is 11.3 Å². The van der Waals surface area contributed by atoms with Crippen molar-refractivity contribution in [2.45, 2.75) is 36.5 Å².